The van der Waals surface area contributed by atoms with Crippen molar-refractivity contribution in [2.75, 3.05) is 40.4 Å². The normalized spacial score (nSPS) is 18.2. The summed E-state index contributed by atoms with van der Waals surface area (Å²) in [6.45, 7) is 8.32. The molecule has 1 fully saturated rings. The van der Waals surface area contributed by atoms with E-state index in [1.807, 2.05) is 36.9 Å². The van der Waals surface area contributed by atoms with E-state index in [1.54, 1.807) is 14.2 Å². The van der Waals surface area contributed by atoms with Crippen molar-refractivity contribution in [1.82, 2.24) is 9.80 Å². The molecule has 0 N–H and O–H groups in total. The van der Waals surface area contributed by atoms with E-state index in [0.29, 0.717) is 5.91 Å². The standard InChI is InChI=1S/C19H30N2O3/c1-5-21(6-2)19(22)16-8-7-11-20(14-16)13-15-9-10-17(23-3)12-18(15)24-4/h9-10,12,16H,5-8,11,13-14H2,1-4H3. The molecule has 0 aliphatic carbocycles. The van der Waals surface area contributed by atoms with Gasteiger partial charge in [0.1, 0.15) is 11.5 Å². The van der Waals surface area contributed by atoms with Crippen LogP contribution in [0.25, 0.3) is 0 Å². The first-order valence-electron chi connectivity index (χ1n) is 8.84. The van der Waals surface area contributed by atoms with Crippen LogP contribution in [0.4, 0.5) is 0 Å². The molecule has 1 unspecified atom stereocenters. The Morgan fingerprint density at radius 2 is 2.00 bits per heavy atom. The van der Waals surface area contributed by atoms with Gasteiger partial charge in [0.25, 0.3) is 0 Å². The van der Waals surface area contributed by atoms with E-state index >= 15 is 0 Å². The molecule has 0 saturated carbocycles. The molecule has 5 nitrogen and oxygen atoms in total. The Hall–Kier alpha value is -1.75. The summed E-state index contributed by atoms with van der Waals surface area (Å²) < 4.78 is 10.8. The van der Waals surface area contributed by atoms with Crippen molar-refractivity contribution in [1.29, 1.82) is 0 Å². The third-order valence-corrected chi connectivity index (χ3v) is 4.82. The van der Waals surface area contributed by atoms with Gasteiger partial charge in [-0.05, 0) is 39.3 Å². The van der Waals surface area contributed by atoms with Crippen LogP contribution >= 0.6 is 0 Å². The van der Waals surface area contributed by atoms with Crippen LogP contribution in [0.15, 0.2) is 18.2 Å². The van der Waals surface area contributed by atoms with Crippen molar-refractivity contribution < 1.29 is 14.3 Å². The van der Waals surface area contributed by atoms with E-state index in [0.717, 1.165) is 62.6 Å². The van der Waals surface area contributed by atoms with Crippen LogP contribution in [-0.2, 0) is 11.3 Å². The fraction of sp³-hybridized carbons (Fsp3) is 0.632. The quantitative estimate of drug-likeness (QED) is 0.769. The summed E-state index contributed by atoms with van der Waals surface area (Å²) in [6, 6.07) is 5.92. The minimum atomic E-state index is 0.114. The second-order valence-corrected chi connectivity index (χ2v) is 6.26. The molecule has 1 heterocycles. The highest BCUT2D eigenvalue weighted by molar-refractivity contribution is 5.79. The Bertz CT molecular complexity index is 543. The van der Waals surface area contributed by atoms with E-state index in [-0.39, 0.29) is 5.92 Å². The van der Waals surface area contributed by atoms with Gasteiger partial charge in [0.05, 0.1) is 20.1 Å². The van der Waals surface area contributed by atoms with Gasteiger partial charge in [0.2, 0.25) is 5.91 Å². The second-order valence-electron chi connectivity index (χ2n) is 6.26. The van der Waals surface area contributed by atoms with Crippen molar-refractivity contribution in [3.8, 4) is 11.5 Å². The van der Waals surface area contributed by atoms with Crippen molar-refractivity contribution in [2.24, 2.45) is 5.92 Å². The number of nitrogens with zero attached hydrogens (tertiary/aromatic N) is 2. The van der Waals surface area contributed by atoms with E-state index in [2.05, 4.69) is 4.90 Å². The zero-order chi connectivity index (χ0) is 17.5. The fourth-order valence-corrected chi connectivity index (χ4v) is 3.42. The monoisotopic (exact) mass is 334 g/mol. The smallest absolute Gasteiger partial charge is 0.226 e. The molecule has 1 aromatic carbocycles. The van der Waals surface area contributed by atoms with Gasteiger partial charge in [-0.2, -0.15) is 0 Å². The first kappa shape index (κ1) is 18.6. The maximum absolute atomic E-state index is 12.6. The van der Waals surface area contributed by atoms with Crippen LogP contribution in [0.5, 0.6) is 11.5 Å². The summed E-state index contributed by atoms with van der Waals surface area (Å²) in [7, 11) is 3.34. The SMILES string of the molecule is CCN(CC)C(=O)C1CCCN(Cc2ccc(OC)cc2OC)C1. The lowest BCUT2D eigenvalue weighted by atomic mass is 9.96. The number of rotatable bonds is 7. The molecule has 0 spiro atoms. The molecule has 24 heavy (non-hydrogen) atoms. The lowest BCUT2D eigenvalue weighted by molar-refractivity contribution is -0.137. The van der Waals surface area contributed by atoms with Gasteiger partial charge < -0.3 is 14.4 Å². The molecule has 1 aliphatic heterocycles. The predicted octanol–water partition coefficient (Wildman–Crippen LogP) is 2.78. The van der Waals surface area contributed by atoms with Crippen LogP contribution in [0, 0.1) is 5.92 Å². The molecular formula is C19H30N2O3. The maximum atomic E-state index is 12.6. The summed E-state index contributed by atoms with van der Waals surface area (Å²) in [5, 5.41) is 0. The molecule has 0 radical (unpaired) electrons. The van der Waals surface area contributed by atoms with Crippen LogP contribution in [-0.4, -0.2) is 56.1 Å². The second kappa shape index (κ2) is 8.92. The molecule has 1 amide bonds. The lowest BCUT2D eigenvalue weighted by Crippen LogP contribution is -2.44. The average Bonchev–Trinajstić information content (AvgIpc) is 2.63. The lowest BCUT2D eigenvalue weighted by Gasteiger charge is -2.34. The number of hydrogen-bond acceptors (Lipinski definition) is 4. The van der Waals surface area contributed by atoms with Crippen LogP contribution in [0.1, 0.15) is 32.3 Å². The third-order valence-electron chi connectivity index (χ3n) is 4.82. The van der Waals surface area contributed by atoms with Gasteiger partial charge in [-0.1, -0.05) is 6.07 Å². The molecule has 1 aromatic rings. The number of piperidine rings is 1. The Kier molecular flexibility index (Phi) is 6.91. The van der Waals surface area contributed by atoms with Crippen molar-refractivity contribution in [3.63, 3.8) is 0 Å². The number of benzene rings is 1. The molecule has 0 bridgehead atoms. The zero-order valence-electron chi connectivity index (χ0n) is 15.4. The molecule has 1 saturated heterocycles. The molecular weight excluding hydrogens is 304 g/mol. The van der Waals surface area contributed by atoms with Crippen LogP contribution in [0.3, 0.4) is 0 Å². The summed E-state index contributed by atoms with van der Waals surface area (Å²) in [4.78, 5) is 16.9. The Morgan fingerprint density at radius 3 is 2.62 bits per heavy atom. The maximum Gasteiger partial charge on any atom is 0.226 e. The molecule has 2 rings (SSSR count). The van der Waals surface area contributed by atoms with Gasteiger partial charge in [0.15, 0.2) is 0 Å². The van der Waals surface area contributed by atoms with E-state index in [1.165, 1.54) is 0 Å². The van der Waals surface area contributed by atoms with Gasteiger partial charge in [-0.25, -0.2) is 0 Å². The number of methoxy groups -OCH3 is 2. The van der Waals surface area contributed by atoms with E-state index in [9.17, 15) is 4.79 Å². The topological polar surface area (TPSA) is 42.0 Å². The molecule has 0 aromatic heterocycles. The number of ether oxygens (including phenoxy) is 2. The molecule has 1 aliphatic rings. The molecule has 134 valence electrons. The Labute approximate surface area is 145 Å². The number of carbonyl (C=O) groups excluding carboxylic acids is 1. The van der Waals surface area contributed by atoms with E-state index < -0.39 is 0 Å². The zero-order valence-corrected chi connectivity index (χ0v) is 15.4. The molecule has 5 heteroatoms. The van der Waals surface area contributed by atoms with Crippen molar-refractivity contribution >= 4 is 5.91 Å². The van der Waals surface area contributed by atoms with Gasteiger partial charge in [0, 0.05) is 37.8 Å². The fourth-order valence-electron chi connectivity index (χ4n) is 3.42. The highest BCUT2D eigenvalue weighted by atomic mass is 16.5. The Balaban J connectivity index is 2.04. The van der Waals surface area contributed by atoms with Gasteiger partial charge in [-0.15, -0.1) is 0 Å². The van der Waals surface area contributed by atoms with Crippen LogP contribution in [0.2, 0.25) is 0 Å². The average molecular weight is 334 g/mol. The van der Waals surface area contributed by atoms with Crippen molar-refractivity contribution in [2.45, 2.75) is 33.2 Å². The van der Waals surface area contributed by atoms with Gasteiger partial charge >= 0.3 is 0 Å². The Morgan fingerprint density at radius 1 is 1.25 bits per heavy atom. The highest BCUT2D eigenvalue weighted by Crippen LogP contribution is 2.27. The van der Waals surface area contributed by atoms with Gasteiger partial charge in [-0.3, -0.25) is 9.69 Å². The first-order chi connectivity index (χ1) is 11.6. The minimum absolute atomic E-state index is 0.114. The summed E-state index contributed by atoms with van der Waals surface area (Å²) in [5.41, 5.74) is 1.13. The van der Waals surface area contributed by atoms with Crippen molar-refractivity contribution in [3.05, 3.63) is 23.8 Å². The summed E-state index contributed by atoms with van der Waals surface area (Å²) in [6.07, 6.45) is 2.06. The molecule has 1 atom stereocenters. The number of likely N-dealkylation sites (tertiary alicyclic amines) is 1. The highest BCUT2D eigenvalue weighted by Gasteiger charge is 2.28. The summed E-state index contributed by atoms with van der Waals surface area (Å²) in [5.74, 6) is 2.05. The first-order valence-corrected chi connectivity index (χ1v) is 8.84. The largest absolute Gasteiger partial charge is 0.497 e. The van der Waals surface area contributed by atoms with Crippen LogP contribution < -0.4 is 9.47 Å². The summed E-state index contributed by atoms with van der Waals surface area (Å²) >= 11 is 0. The third kappa shape index (κ3) is 4.41. The predicted molar refractivity (Wildman–Crippen MR) is 95.5 cm³/mol. The van der Waals surface area contributed by atoms with E-state index in [4.69, 9.17) is 9.47 Å². The minimum Gasteiger partial charge on any atom is -0.497 e. The number of hydrogen-bond donors (Lipinski definition) is 0. The number of carbonyl (C=O) groups is 1. The number of amides is 1.